The zero-order chi connectivity index (χ0) is 17.0. The highest BCUT2D eigenvalue weighted by Gasteiger charge is 2.25. The Hall–Kier alpha value is -2.23. The molecule has 0 radical (unpaired) electrons. The average molecular weight is 317 g/mol. The van der Waals surface area contributed by atoms with Gasteiger partial charge in [-0.1, -0.05) is 26.0 Å². The highest BCUT2D eigenvalue weighted by molar-refractivity contribution is 6.04. The van der Waals surface area contributed by atoms with E-state index in [4.69, 9.17) is 0 Å². The van der Waals surface area contributed by atoms with Crippen molar-refractivity contribution in [3.8, 4) is 0 Å². The van der Waals surface area contributed by atoms with Crippen LogP contribution in [0.15, 0.2) is 36.4 Å². The Labute approximate surface area is 135 Å². The van der Waals surface area contributed by atoms with Crippen LogP contribution in [-0.4, -0.2) is 5.91 Å². The number of hydrogen-bond acceptors (Lipinski definition) is 1. The van der Waals surface area contributed by atoms with Gasteiger partial charge >= 0.3 is 0 Å². The minimum atomic E-state index is -0.566. The van der Waals surface area contributed by atoms with E-state index in [1.165, 1.54) is 24.3 Å². The van der Waals surface area contributed by atoms with Gasteiger partial charge in [-0.3, -0.25) is 4.79 Å². The van der Waals surface area contributed by atoms with Crippen molar-refractivity contribution < 1.29 is 13.6 Å². The molecule has 1 aliphatic rings. The fraction of sp³-hybridized carbons (Fsp3) is 0.316. The average Bonchev–Trinajstić information content (AvgIpc) is 3.37. The molecule has 0 heterocycles. The molecular weight excluding hydrogens is 296 g/mol. The number of halogens is 2. The summed E-state index contributed by atoms with van der Waals surface area (Å²) in [6.07, 6.45) is 2.15. The van der Waals surface area contributed by atoms with Crippen molar-refractivity contribution in [2.24, 2.45) is 0 Å². The number of carbonyl (C=O) groups excluding carboxylic acids is 1. The largest absolute Gasteiger partial charge is 0.322 e. The molecule has 0 aliphatic heterocycles. The molecule has 2 aromatic carbocycles. The summed E-state index contributed by atoms with van der Waals surface area (Å²) < 4.78 is 27.2. The van der Waals surface area contributed by atoms with E-state index in [1.54, 1.807) is 19.1 Å². The molecule has 2 nitrogen and oxygen atoms in total. The Morgan fingerprint density at radius 3 is 2.39 bits per heavy atom. The lowest BCUT2D eigenvalue weighted by Gasteiger charge is -2.10. The van der Waals surface area contributed by atoms with E-state index in [1.807, 2.05) is 13.8 Å². The highest BCUT2D eigenvalue weighted by atomic mass is 19.1. The van der Waals surface area contributed by atoms with Crippen LogP contribution in [0.5, 0.6) is 0 Å². The fourth-order valence-electron chi connectivity index (χ4n) is 2.30. The Balaban J connectivity index is 0.000000924. The normalized spacial score (nSPS) is 13.1. The smallest absolute Gasteiger partial charge is 0.258 e. The summed E-state index contributed by atoms with van der Waals surface area (Å²) in [5.41, 5.74) is 1.99. The van der Waals surface area contributed by atoms with Gasteiger partial charge in [0.15, 0.2) is 0 Å². The van der Waals surface area contributed by atoms with Crippen LogP contribution in [0.1, 0.15) is 54.1 Å². The molecule has 2 aromatic rings. The van der Waals surface area contributed by atoms with Crippen LogP contribution in [0, 0.1) is 18.6 Å². The number of amides is 1. The molecule has 1 aliphatic carbocycles. The van der Waals surface area contributed by atoms with Crippen LogP contribution < -0.4 is 5.32 Å². The number of hydrogen-bond donors (Lipinski definition) is 1. The fourth-order valence-corrected chi connectivity index (χ4v) is 2.30. The minimum absolute atomic E-state index is 0.0249. The molecule has 0 atom stereocenters. The van der Waals surface area contributed by atoms with Crippen LogP contribution in [-0.2, 0) is 0 Å². The summed E-state index contributed by atoms with van der Waals surface area (Å²) in [4.78, 5) is 12.1. The van der Waals surface area contributed by atoms with Gasteiger partial charge in [-0.15, -0.1) is 0 Å². The molecular formula is C19H21F2NO. The maximum Gasteiger partial charge on any atom is 0.258 e. The van der Waals surface area contributed by atoms with E-state index in [2.05, 4.69) is 5.32 Å². The van der Waals surface area contributed by atoms with Crippen LogP contribution >= 0.6 is 0 Å². The first-order valence-corrected chi connectivity index (χ1v) is 7.91. The van der Waals surface area contributed by atoms with Crippen LogP contribution in [0.4, 0.5) is 14.5 Å². The molecule has 122 valence electrons. The van der Waals surface area contributed by atoms with Gasteiger partial charge in [0.2, 0.25) is 0 Å². The molecule has 3 rings (SSSR count). The third kappa shape index (κ3) is 4.15. The Morgan fingerprint density at radius 2 is 1.78 bits per heavy atom. The summed E-state index contributed by atoms with van der Waals surface area (Å²) in [6.45, 7) is 5.75. The third-order valence-electron chi connectivity index (χ3n) is 3.73. The first-order chi connectivity index (χ1) is 11.0. The summed E-state index contributed by atoms with van der Waals surface area (Å²) in [7, 11) is 0. The van der Waals surface area contributed by atoms with Gasteiger partial charge in [0, 0.05) is 5.69 Å². The van der Waals surface area contributed by atoms with E-state index >= 15 is 0 Å². The van der Waals surface area contributed by atoms with Gasteiger partial charge < -0.3 is 5.32 Å². The highest BCUT2D eigenvalue weighted by Crippen LogP contribution is 2.40. The summed E-state index contributed by atoms with van der Waals surface area (Å²) in [5, 5.41) is 2.55. The second-order valence-corrected chi connectivity index (χ2v) is 5.43. The lowest BCUT2D eigenvalue weighted by molar-refractivity contribution is 0.102. The van der Waals surface area contributed by atoms with Crippen LogP contribution in [0.2, 0.25) is 0 Å². The van der Waals surface area contributed by atoms with Crippen molar-refractivity contribution in [3.63, 3.8) is 0 Å². The summed E-state index contributed by atoms with van der Waals surface area (Å²) >= 11 is 0. The van der Waals surface area contributed by atoms with E-state index in [9.17, 15) is 13.6 Å². The maximum atomic E-state index is 14.0. The van der Waals surface area contributed by atoms with Crippen molar-refractivity contribution >= 4 is 11.6 Å². The number of aryl methyl sites for hydroxylation is 1. The predicted octanol–water partition coefficient (Wildman–Crippen LogP) is 5.43. The maximum absolute atomic E-state index is 14.0. The lowest BCUT2D eigenvalue weighted by atomic mass is 10.1. The zero-order valence-corrected chi connectivity index (χ0v) is 13.6. The standard InChI is InChI=1S/C17H15F2NO.C2H6/c1-10-2-6-13(18)9-16(10)20-17(21)14-7-5-12(8-15(14)19)11-3-4-11;1-2/h2,5-9,11H,3-4H2,1H3,(H,20,21);1-2H3. The van der Waals surface area contributed by atoms with E-state index in [0.29, 0.717) is 11.6 Å². The van der Waals surface area contributed by atoms with Crippen LogP contribution in [0.25, 0.3) is 0 Å². The van der Waals surface area contributed by atoms with Crippen molar-refractivity contribution in [2.75, 3.05) is 5.32 Å². The van der Waals surface area contributed by atoms with Gasteiger partial charge in [0.05, 0.1) is 5.56 Å². The summed E-state index contributed by atoms with van der Waals surface area (Å²) in [5.74, 6) is -1.11. The number of benzene rings is 2. The van der Waals surface area contributed by atoms with Gasteiger partial charge in [-0.05, 0) is 61.1 Å². The molecule has 4 heteroatoms. The Bertz CT molecular complexity index is 709. The number of anilines is 1. The molecule has 0 saturated heterocycles. The van der Waals surface area contributed by atoms with Crippen molar-refractivity contribution in [1.29, 1.82) is 0 Å². The molecule has 1 saturated carbocycles. The Morgan fingerprint density at radius 1 is 1.09 bits per heavy atom. The number of nitrogens with one attached hydrogen (secondary N) is 1. The molecule has 0 unspecified atom stereocenters. The quantitative estimate of drug-likeness (QED) is 0.803. The van der Waals surface area contributed by atoms with Crippen LogP contribution in [0.3, 0.4) is 0 Å². The van der Waals surface area contributed by atoms with Gasteiger partial charge in [-0.2, -0.15) is 0 Å². The van der Waals surface area contributed by atoms with Crippen molar-refractivity contribution in [2.45, 2.75) is 39.5 Å². The van der Waals surface area contributed by atoms with Crippen molar-refractivity contribution in [3.05, 3.63) is 64.7 Å². The molecule has 0 bridgehead atoms. The van der Waals surface area contributed by atoms with E-state index in [-0.39, 0.29) is 5.56 Å². The Kier molecular flexibility index (Phi) is 5.48. The third-order valence-corrected chi connectivity index (χ3v) is 3.73. The van der Waals surface area contributed by atoms with Gasteiger partial charge in [0.1, 0.15) is 11.6 Å². The zero-order valence-electron chi connectivity index (χ0n) is 13.6. The predicted molar refractivity (Wildman–Crippen MR) is 88.8 cm³/mol. The molecule has 0 spiro atoms. The van der Waals surface area contributed by atoms with Gasteiger partial charge in [-0.25, -0.2) is 8.78 Å². The molecule has 1 fully saturated rings. The van der Waals surface area contributed by atoms with Crippen molar-refractivity contribution in [1.82, 2.24) is 0 Å². The first-order valence-electron chi connectivity index (χ1n) is 7.91. The van der Waals surface area contributed by atoms with E-state index in [0.717, 1.165) is 24.0 Å². The topological polar surface area (TPSA) is 29.1 Å². The first kappa shape index (κ1) is 17.1. The van der Waals surface area contributed by atoms with Gasteiger partial charge in [0.25, 0.3) is 5.91 Å². The molecule has 23 heavy (non-hydrogen) atoms. The molecule has 1 amide bonds. The lowest BCUT2D eigenvalue weighted by Crippen LogP contribution is -2.15. The number of rotatable bonds is 3. The molecule has 1 N–H and O–H groups in total. The second kappa shape index (κ2) is 7.36. The minimum Gasteiger partial charge on any atom is -0.322 e. The monoisotopic (exact) mass is 317 g/mol. The summed E-state index contributed by atoms with van der Waals surface area (Å²) in [6, 6.07) is 8.81. The second-order valence-electron chi connectivity index (χ2n) is 5.43. The SMILES string of the molecule is CC.Cc1ccc(F)cc1NC(=O)c1ccc(C2CC2)cc1F. The number of carbonyl (C=O) groups is 1. The molecule has 0 aromatic heterocycles. The van der Waals surface area contributed by atoms with E-state index < -0.39 is 17.5 Å².